The van der Waals surface area contributed by atoms with E-state index in [1.54, 1.807) is 41.3 Å². The van der Waals surface area contributed by atoms with E-state index in [4.69, 9.17) is 20.8 Å². The third-order valence-electron chi connectivity index (χ3n) is 4.43. The molecule has 2 aromatic carbocycles. The highest BCUT2D eigenvalue weighted by Crippen LogP contribution is 2.33. The monoisotopic (exact) mass is 420 g/mol. The Kier molecular flexibility index (Phi) is 5.01. The molecule has 0 aliphatic carbocycles. The molecule has 1 fully saturated rings. The molecule has 146 valence electrons. The molecule has 1 aliphatic heterocycles. The maximum atomic E-state index is 13.0. The van der Waals surface area contributed by atoms with Crippen LogP contribution in [0.3, 0.4) is 0 Å². The van der Waals surface area contributed by atoms with E-state index in [1.165, 1.54) is 12.1 Å². The van der Waals surface area contributed by atoms with E-state index in [0.717, 1.165) is 0 Å². The number of hydrogen-bond donors (Lipinski definition) is 1. The number of anilines is 1. The summed E-state index contributed by atoms with van der Waals surface area (Å²) in [5.74, 6) is -0.433. The van der Waals surface area contributed by atoms with Crippen LogP contribution < -0.4 is 4.72 Å². The minimum absolute atomic E-state index is 0.00458. The highest BCUT2D eigenvalue weighted by molar-refractivity contribution is 7.92. The number of fused-ring (bicyclic) bond motifs is 1. The SMILES string of the molecule is O=C(c1oc2ccccc2c1NS(=O)(=O)c1cccc(Cl)c1)N1CCOCC1. The molecule has 0 saturated carbocycles. The summed E-state index contributed by atoms with van der Waals surface area (Å²) in [5.41, 5.74) is 0.537. The largest absolute Gasteiger partial charge is 0.449 e. The van der Waals surface area contributed by atoms with Crippen LogP contribution in [-0.2, 0) is 14.8 Å². The lowest BCUT2D eigenvalue weighted by atomic mass is 10.2. The van der Waals surface area contributed by atoms with Crippen molar-refractivity contribution in [1.82, 2.24) is 4.90 Å². The molecular formula is C19H17ClN2O5S. The number of ether oxygens (including phenoxy) is 1. The second-order valence-electron chi connectivity index (χ2n) is 6.27. The standard InChI is InChI=1S/C19H17ClN2O5S/c20-13-4-3-5-14(12-13)28(24,25)21-17-15-6-1-2-7-16(15)27-18(17)19(23)22-8-10-26-11-9-22/h1-7,12,21H,8-11H2. The summed E-state index contributed by atoms with van der Waals surface area (Å²) in [6, 6.07) is 12.8. The van der Waals surface area contributed by atoms with Gasteiger partial charge in [0.05, 0.1) is 18.1 Å². The first-order valence-electron chi connectivity index (χ1n) is 8.63. The molecule has 4 rings (SSSR count). The number of carbonyl (C=O) groups is 1. The van der Waals surface area contributed by atoms with Gasteiger partial charge in [0.15, 0.2) is 0 Å². The molecule has 0 atom stereocenters. The molecule has 2 heterocycles. The Labute approximate surface area is 166 Å². The van der Waals surface area contributed by atoms with Crippen molar-refractivity contribution in [3.8, 4) is 0 Å². The molecule has 0 spiro atoms. The van der Waals surface area contributed by atoms with Crippen LogP contribution in [0.1, 0.15) is 10.6 Å². The Morgan fingerprint density at radius 3 is 2.57 bits per heavy atom. The Bertz CT molecular complexity index is 1140. The number of para-hydroxylation sites is 1. The van der Waals surface area contributed by atoms with E-state index >= 15 is 0 Å². The van der Waals surface area contributed by atoms with Gasteiger partial charge in [-0.25, -0.2) is 8.42 Å². The van der Waals surface area contributed by atoms with Crippen molar-refractivity contribution >= 4 is 44.2 Å². The number of nitrogens with zero attached hydrogens (tertiary/aromatic N) is 1. The van der Waals surface area contributed by atoms with Crippen molar-refractivity contribution < 1.29 is 22.4 Å². The molecule has 1 amide bonds. The average Bonchev–Trinajstić information content (AvgIpc) is 3.06. The number of sulfonamides is 1. The molecule has 1 aromatic heterocycles. The van der Waals surface area contributed by atoms with E-state index < -0.39 is 10.0 Å². The first-order chi connectivity index (χ1) is 13.5. The number of nitrogens with one attached hydrogen (secondary N) is 1. The fourth-order valence-corrected chi connectivity index (χ4v) is 4.42. The van der Waals surface area contributed by atoms with Gasteiger partial charge < -0.3 is 14.1 Å². The average molecular weight is 421 g/mol. The predicted molar refractivity (Wildman–Crippen MR) is 105 cm³/mol. The van der Waals surface area contributed by atoms with Crippen molar-refractivity contribution in [2.24, 2.45) is 0 Å². The predicted octanol–water partition coefficient (Wildman–Crippen LogP) is 3.36. The zero-order valence-electron chi connectivity index (χ0n) is 14.7. The van der Waals surface area contributed by atoms with Crippen LogP contribution in [0.15, 0.2) is 57.8 Å². The van der Waals surface area contributed by atoms with E-state index in [0.29, 0.717) is 42.3 Å². The third kappa shape index (κ3) is 3.58. The third-order valence-corrected chi connectivity index (χ3v) is 6.01. The van der Waals surface area contributed by atoms with E-state index in [2.05, 4.69) is 4.72 Å². The van der Waals surface area contributed by atoms with Gasteiger partial charge in [-0.2, -0.15) is 0 Å². The van der Waals surface area contributed by atoms with Crippen molar-refractivity contribution in [2.45, 2.75) is 4.90 Å². The fourth-order valence-electron chi connectivity index (χ4n) is 3.03. The van der Waals surface area contributed by atoms with Gasteiger partial charge in [-0.15, -0.1) is 0 Å². The molecule has 1 saturated heterocycles. The molecule has 0 unspecified atom stereocenters. The van der Waals surface area contributed by atoms with E-state index in [-0.39, 0.29) is 22.3 Å². The van der Waals surface area contributed by atoms with Gasteiger partial charge >= 0.3 is 0 Å². The molecule has 1 aliphatic rings. The van der Waals surface area contributed by atoms with Crippen LogP contribution in [0.2, 0.25) is 5.02 Å². The second kappa shape index (κ2) is 7.46. The minimum Gasteiger partial charge on any atom is -0.449 e. The quantitative estimate of drug-likeness (QED) is 0.699. The van der Waals surface area contributed by atoms with Crippen molar-refractivity contribution in [3.05, 3.63) is 59.3 Å². The molecular weight excluding hydrogens is 404 g/mol. The van der Waals surface area contributed by atoms with Gasteiger partial charge in [-0.05, 0) is 30.3 Å². The summed E-state index contributed by atoms with van der Waals surface area (Å²) in [7, 11) is -3.97. The van der Waals surface area contributed by atoms with Crippen LogP contribution >= 0.6 is 11.6 Å². The number of benzene rings is 2. The molecule has 9 heteroatoms. The molecule has 1 N–H and O–H groups in total. The minimum atomic E-state index is -3.97. The first-order valence-corrected chi connectivity index (χ1v) is 10.5. The molecule has 3 aromatic rings. The van der Waals surface area contributed by atoms with Crippen LogP contribution in [0, 0.1) is 0 Å². The lowest BCUT2D eigenvalue weighted by Crippen LogP contribution is -2.40. The number of morpholine rings is 1. The summed E-state index contributed by atoms with van der Waals surface area (Å²) >= 11 is 5.93. The molecule has 28 heavy (non-hydrogen) atoms. The lowest BCUT2D eigenvalue weighted by molar-refractivity contribution is 0.0285. The Morgan fingerprint density at radius 2 is 1.82 bits per heavy atom. The zero-order valence-corrected chi connectivity index (χ0v) is 16.3. The van der Waals surface area contributed by atoms with E-state index in [9.17, 15) is 13.2 Å². The van der Waals surface area contributed by atoms with Gasteiger partial charge in [0, 0.05) is 23.5 Å². The van der Waals surface area contributed by atoms with Crippen molar-refractivity contribution in [1.29, 1.82) is 0 Å². The van der Waals surface area contributed by atoms with Crippen LogP contribution in [0.25, 0.3) is 11.0 Å². The highest BCUT2D eigenvalue weighted by atomic mass is 35.5. The highest BCUT2D eigenvalue weighted by Gasteiger charge is 2.29. The van der Waals surface area contributed by atoms with E-state index in [1.807, 2.05) is 0 Å². The zero-order chi connectivity index (χ0) is 19.7. The van der Waals surface area contributed by atoms with Gasteiger partial charge in [-0.3, -0.25) is 9.52 Å². The first kappa shape index (κ1) is 18.8. The van der Waals surface area contributed by atoms with Crippen LogP contribution in [0.4, 0.5) is 5.69 Å². The van der Waals surface area contributed by atoms with Crippen LogP contribution in [0.5, 0.6) is 0 Å². The van der Waals surface area contributed by atoms with Gasteiger partial charge in [0.2, 0.25) is 5.76 Å². The number of furan rings is 1. The summed E-state index contributed by atoms with van der Waals surface area (Å²) in [5, 5.41) is 0.800. The number of amides is 1. The maximum Gasteiger partial charge on any atom is 0.291 e. The number of rotatable bonds is 4. The second-order valence-corrected chi connectivity index (χ2v) is 8.39. The van der Waals surface area contributed by atoms with Gasteiger partial charge in [-0.1, -0.05) is 29.8 Å². The number of halogens is 1. The normalized spacial score (nSPS) is 15.0. The number of hydrogen-bond acceptors (Lipinski definition) is 5. The Hall–Kier alpha value is -2.55. The summed E-state index contributed by atoms with van der Waals surface area (Å²) in [6.07, 6.45) is 0. The summed E-state index contributed by atoms with van der Waals surface area (Å²) < 4.78 is 39.3. The van der Waals surface area contributed by atoms with Gasteiger partial charge in [0.25, 0.3) is 15.9 Å². The van der Waals surface area contributed by atoms with Crippen molar-refractivity contribution in [2.75, 3.05) is 31.0 Å². The summed E-state index contributed by atoms with van der Waals surface area (Å²) in [4.78, 5) is 14.6. The van der Waals surface area contributed by atoms with Crippen molar-refractivity contribution in [3.63, 3.8) is 0 Å². The van der Waals surface area contributed by atoms with Gasteiger partial charge in [0.1, 0.15) is 11.3 Å². The molecule has 7 nitrogen and oxygen atoms in total. The smallest absolute Gasteiger partial charge is 0.291 e. The lowest BCUT2D eigenvalue weighted by Gasteiger charge is -2.26. The maximum absolute atomic E-state index is 13.0. The topological polar surface area (TPSA) is 88.8 Å². The fraction of sp³-hybridized carbons (Fsp3) is 0.211. The number of carbonyl (C=O) groups excluding carboxylic acids is 1. The Balaban J connectivity index is 1.78. The molecule has 0 bridgehead atoms. The molecule has 0 radical (unpaired) electrons. The van der Waals surface area contributed by atoms with Crippen LogP contribution in [-0.4, -0.2) is 45.5 Å². The summed E-state index contributed by atoms with van der Waals surface area (Å²) in [6.45, 7) is 1.68. The Morgan fingerprint density at radius 1 is 1.07 bits per heavy atom.